The van der Waals surface area contributed by atoms with Crippen molar-refractivity contribution in [3.63, 3.8) is 0 Å². The highest BCUT2D eigenvalue weighted by Crippen LogP contribution is 2.22. The van der Waals surface area contributed by atoms with Crippen LogP contribution in [0.25, 0.3) is 0 Å². The first-order valence-electron chi connectivity index (χ1n) is 6.59. The zero-order chi connectivity index (χ0) is 16.0. The molecular formula is C16H26O4. The molecule has 4 nitrogen and oxygen atoms in total. The molecule has 0 aliphatic rings. The highest BCUT2D eigenvalue weighted by atomic mass is 16.4. The number of carbonyl (C=O) groups is 1. The molecule has 0 unspecified atom stereocenters. The van der Waals surface area contributed by atoms with E-state index in [1.54, 1.807) is 26.0 Å². The molecule has 114 valence electrons. The molecule has 3 N–H and O–H groups in total. The summed E-state index contributed by atoms with van der Waals surface area (Å²) in [6, 6.07) is 7.01. The first kappa shape index (κ1) is 18.6. The van der Waals surface area contributed by atoms with Crippen molar-refractivity contribution < 1.29 is 20.1 Å². The van der Waals surface area contributed by atoms with Gasteiger partial charge in [0, 0.05) is 5.41 Å². The first-order valence-corrected chi connectivity index (χ1v) is 6.59. The zero-order valence-electron chi connectivity index (χ0n) is 13.0. The lowest BCUT2D eigenvalue weighted by atomic mass is 9.87. The topological polar surface area (TPSA) is 77.8 Å². The maximum Gasteiger partial charge on any atom is 0.335 e. The van der Waals surface area contributed by atoms with E-state index in [-0.39, 0.29) is 24.0 Å². The summed E-state index contributed by atoms with van der Waals surface area (Å²) in [6.45, 7) is 9.99. The second-order valence-corrected chi connectivity index (χ2v) is 6.61. The van der Waals surface area contributed by atoms with Crippen LogP contribution >= 0.6 is 0 Å². The van der Waals surface area contributed by atoms with Crippen LogP contribution in [0.3, 0.4) is 0 Å². The average Bonchev–Trinajstić information content (AvgIpc) is 2.38. The summed E-state index contributed by atoms with van der Waals surface area (Å²) in [7, 11) is 0. The van der Waals surface area contributed by atoms with E-state index < -0.39 is 5.97 Å². The predicted octanol–water partition coefficient (Wildman–Crippen LogP) is 2.68. The van der Waals surface area contributed by atoms with Crippen molar-refractivity contribution in [2.24, 2.45) is 5.41 Å². The quantitative estimate of drug-likeness (QED) is 0.796. The van der Waals surface area contributed by atoms with E-state index in [1.165, 1.54) is 0 Å². The molecule has 0 heterocycles. The fourth-order valence-corrected chi connectivity index (χ4v) is 1.16. The molecule has 0 saturated heterocycles. The molecule has 0 aliphatic carbocycles. The molecular weight excluding hydrogens is 256 g/mol. The Bertz CT molecular complexity index is 407. The van der Waals surface area contributed by atoms with E-state index in [2.05, 4.69) is 20.8 Å². The van der Waals surface area contributed by atoms with Crippen LogP contribution in [0.1, 0.15) is 50.5 Å². The van der Waals surface area contributed by atoms with E-state index in [9.17, 15) is 4.79 Å². The molecule has 0 saturated carbocycles. The molecule has 0 amide bonds. The maximum atomic E-state index is 10.6. The van der Waals surface area contributed by atoms with Crippen molar-refractivity contribution in [3.8, 4) is 0 Å². The second kappa shape index (κ2) is 7.41. The van der Waals surface area contributed by atoms with Crippen molar-refractivity contribution in [2.75, 3.05) is 13.2 Å². The molecule has 20 heavy (non-hydrogen) atoms. The van der Waals surface area contributed by atoms with Gasteiger partial charge < -0.3 is 15.3 Å². The van der Waals surface area contributed by atoms with Gasteiger partial charge in [-0.05, 0) is 23.1 Å². The Kier molecular flexibility index (Phi) is 6.89. The van der Waals surface area contributed by atoms with Crippen molar-refractivity contribution in [1.29, 1.82) is 0 Å². The molecule has 0 atom stereocenters. The summed E-state index contributed by atoms with van der Waals surface area (Å²) in [6.07, 6.45) is 0. The highest BCUT2D eigenvalue weighted by Gasteiger charge is 2.14. The van der Waals surface area contributed by atoms with Gasteiger partial charge >= 0.3 is 5.97 Å². The van der Waals surface area contributed by atoms with Crippen LogP contribution in [0.2, 0.25) is 0 Å². The van der Waals surface area contributed by atoms with Crippen LogP contribution in [0.4, 0.5) is 0 Å². The van der Waals surface area contributed by atoms with Crippen LogP contribution in [-0.4, -0.2) is 34.5 Å². The molecule has 0 spiro atoms. The Morgan fingerprint density at radius 2 is 1.35 bits per heavy atom. The van der Waals surface area contributed by atoms with E-state index in [1.807, 2.05) is 12.1 Å². The third-order valence-corrected chi connectivity index (χ3v) is 2.85. The summed E-state index contributed by atoms with van der Waals surface area (Å²) in [4.78, 5) is 10.6. The van der Waals surface area contributed by atoms with Crippen LogP contribution in [0.15, 0.2) is 24.3 Å². The third kappa shape index (κ3) is 6.68. The molecule has 0 bridgehead atoms. The van der Waals surface area contributed by atoms with Crippen LogP contribution in [0.5, 0.6) is 0 Å². The summed E-state index contributed by atoms with van der Waals surface area (Å²) < 4.78 is 0. The van der Waals surface area contributed by atoms with Crippen LogP contribution < -0.4 is 0 Å². The van der Waals surface area contributed by atoms with Crippen molar-refractivity contribution in [1.82, 2.24) is 0 Å². The van der Waals surface area contributed by atoms with Gasteiger partial charge in [-0.2, -0.15) is 0 Å². The van der Waals surface area contributed by atoms with Crippen LogP contribution in [0, 0.1) is 5.41 Å². The fraction of sp³-hybridized carbons (Fsp3) is 0.562. The minimum Gasteiger partial charge on any atom is -0.478 e. The molecule has 0 radical (unpaired) electrons. The van der Waals surface area contributed by atoms with Crippen molar-refractivity contribution >= 4 is 5.97 Å². The first-order chi connectivity index (χ1) is 9.03. The molecule has 1 aromatic rings. The Morgan fingerprint density at radius 3 is 1.55 bits per heavy atom. The summed E-state index contributed by atoms with van der Waals surface area (Å²) in [5.74, 6) is -0.875. The zero-order valence-corrected chi connectivity index (χ0v) is 13.0. The highest BCUT2D eigenvalue weighted by molar-refractivity contribution is 5.87. The molecule has 1 aromatic carbocycles. The van der Waals surface area contributed by atoms with Gasteiger partial charge in [-0.1, -0.05) is 46.8 Å². The summed E-state index contributed by atoms with van der Waals surface area (Å²) in [5, 5.41) is 25.5. The lowest BCUT2D eigenvalue weighted by Gasteiger charge is -2.18. The van der Waals surface area contributed by atoms with E-state index in [0.29, 0.717) is 5.56 Å². The molecule has 0 aromatic heterocycles. The Labute approximate surface area is 121 Å². The largest absolute Gasteiger partial charge is 0.478 e. The SMILES string of the molecule is CC(C)(C)c1ccc(C(=O)O)cc1.CC(C)(CO)CO. The van der Waals surface area contributed by atoms with Gasteiger partial charge in [0.2, 0.25) is 0 Å². The van der Waals surface area contributed by atoms with Gasteiger partial charge in [0.25, 0.3) is 0 Å². The number of hydrogen-bond donors (Lipinski definition) is 3. The Balaban J connectivity index is 0.000000441. The number of aliphatic hydroxyl groups excluding tert-OH is 2. The fourth-order valence-electron chi connectivity index (χ4n) is 1.16. The normalized spacial score (nSPS) is 11.6. The second-order valence-electron chi connectivity index (χ2n) is 6.61. The van der Waals surface area contributed by atoms with Crippen LogP contribution in [-0.2, 0) is 5.41 Å². The number of carboxylic acid groups (broad SMARTS) is 1. The Morgan fingerprint density at radius 1 is 0.950 bits per heavy atom. The standard InChI is InChI=1S/C11H14O2.C5H12O2/c1-11(2,3)9-6-4-8(5-7-9)10(12)13;1-5(2,3-6)4-7/h4-7H,1-3H3,(H,12,13);6-7H,3-4H2,1-2H3. The average molecular weight is 282 g/mol. The van der Waals surface area contributed by atoms with Gasteiger partial charge in [-0.25, -0.2) is 4.79 Å². The monoisotopic (exact) mass is 282 g/mol. The van der Waals surface area contributed by atoms with Gasteiger partial charge in [0.1, 0.15) is 0 Å². The van der Waals surface area contributed by atoms with Crippen molar-refractivity contribution in [3.05, 3.63) is 35.4 Å². The van der Waals surface area contributed by atoms with E-state index >= 15 is 0 Å². The number of aromatic carboxylic acids is 1. The number of rotatable bonds is 3. The van der Waals surface area contributed by atoms with E-state index in [4.69, 9.17) is 15.3 Å². The smallest absolute Gasteiger partial charge is 0.335 e. The molecule has 0 fully saturated rings. The third-order valence-electron chi connectivity index (χ3n) is 2.85. The number of aliphatic hydroxyl groups is 2. The van der Waals surface area contributed by atoms with Crippen molar-refractivity contribution in [2.45, 2.75) is 40.0 Å². The van der Waals surface area contributed by atoms with Gasteiger partial charge in [0.05, 0.1) is 18.8 Å². The lowest BCUT2D eigenvalue weighted by Crippen LogP contribution is -2.20. The number of carboxylic acids is 1. The minimum absolute atomic E-state index is 0.0451. The lowest BCUT2D eigenvalue weighted by molar-refractivity contribution is 0.0696. The molecule has 1 rings (SSSR count). The summed E-state index contributed by atoms with van der Waals surface area (Å²) >= 11 is 0. The van der Waals surface area contributed by atoms with Gasteiger partial charge in [-0.15, -0.1) is 0 Å². The minimum atomic E-state index is -0.875. The van der Waals surface area contributed by atoms with E-state index in [0.717, 1.165) is 5.56 Å². The number of hydrogen-bond acceptors (Lipinski definition) is 3. The maximum absolute atomic E-state index is 10.6. The molecule has 0 aliphatic heterocycles. The summed E-state index contributed by atoms with van der Waals surface area (Å²) in [5.41, 5.74) is 1.27. The Hall–Kier alpha value is -1.39. The van der Waals surface area contributed by atoms with Gasteiger partial charge in [0.15, 0.2) is 0 Å². The predicted molar refractivity (Wildman–Crippen MR) is 80.1 cm³/mol. The number of benzene rings is 1. The van der Waals surface area contributed by atoms with Gasteiger partial charge in [-0.3, -0.25) is 0 Å². The molecule has 4 heteroatoms.